The molecule has 0 saturated heterocycles. The number of rotatable bonds is 5. The average Bonchev–Trinajstić information content (AvgIpc) is 2.52. The van der Waals surface area contributed by atoms with E-state index in [2.05, 4.69) is 27.4 Å². The number of aryl methyl sites for hydroxylation is 1. The van der Waals surface area contributed by atoms with Gasteiger partial charge in [0.2, 0.25) is 0 Å². The molecule has 1 aromatic heterocycles. The van der Waals surface area contributed by atoms with Gasteiger partial charge in [-0.15, -0.1) is 11.3 Å². The van der Waals surface area contributed by atoms with Crippen molar-refractivity contribution < 1.29 is 5.11 Å². The highest BCUT2D eigenvalue weighted by Gasteiger charge is 2.03. The highest BCUT2D eigenvalue weighted by Crippen LogP contribution is 2.24. The number of aliphatic hydroxyl groups is 1. The fraction of sp³-hybridized carbons (Fsp3) is 0.600. The fourth-order valence-corrected chi connectivity index (χ4v) is 2.80. The molecule has 13 heavy (non-hydrogen) atoms. The van der Waals surface area contributed by atoms with Crippen LogP contribution < -0.4 is 0 Å². The van der Waals surface area contributed by atoms with E-state index < -0.39 is 0 Å². The maximum Gasteiger partial charge on any atom is 0.0537 e. The monoisotopic (exact) mass is 262 g/mol. The highest BCUT2D eigenvalue weighted by atomic mass is 79.9. The summed E-state index contributed by atoms with van der Waals surface area (Å²) in [6.45, 7) is 2.02. The third-order valence-electron chi connectivity index (χ3n) is 2.10. The first-order chi connectivity index (χ1) is 6.24. The molecule has 0 aromatic carbocycles. The van der Waals surface area contributed by atoms with E-state index in [1.807, 2.05) is 6.92 Å². The van der Waals surface area contributed by atoms with Gasteiger partial charge in [-0.05, 0) is 53.1 Å². The zero-order valence-corrected chi connectivity index (χ0v) is 10.2. The summed E-state index contributed by atoms with van der Waals surface area (Å²) in [5.74, 6) is 0. The second kappa shape index (κ2) is 5.78. The number of thiophene rings is 1. The molecule has 1 nitrogen and oxygen atoms in total. The van der Waals surface area contributed by atoms with Crippen LogP contribution >= 0.6 is 27.3 Å². The Morgan fingerprint density at radius 2 is 2.38 bits per heavy atom. The van der Waals surface area contributed by atoms with Crippen LogP contribution in [0, 0.1) is 0 Å². The Kier molecular flexibility index (Phi) is 4.99. The van der Waals surface area contributed by atoms with Crippen LogP contribution in [-0.2, 0) is 6.42 Å². The summed E-state index contributed by atoms with van der Waals surface area (Å²) in [6, 6.07) is 2.08. The number of hydrogen-bond donors (Lipinski definition) is 1. The van der Waals surface area contributed by atoms with Gasteiger partial charge in [0.1, 0.15) is 0 Å². The second-order valence-electron chi connectivity index (χ2n) is 3.15. The number of aliphatic hydroxyl groups excluding tert-OH is 1. The van der Waals surface area contributed by atoms with Gasteiger partial charge in [-0.1, -0.05) is 6.92 Å². The summed E-state index contributed by atoms with van der Waals surface area (Å²) in [5.41, 5.74) is 0. The first kappa shape index (κ1) is 11.2. The number of hydrogen-bond acceptors (Lipinski definition) is 2. The summed E-state index contributed by atoms with van der Waals surface area (Å²) in [4.78, 5) is 1.39. The van der Waals surface area contributed by atoms with Crippen LogP contribution in [0.5, 0.6) is 0 Å². The smallest absolute Gasteiger partial charge is 0.0537 e. The van der Waals surface area contributed by atoms with Crippen LogP contribution in [0.15, 0.2) is 15.9 Å². The van der Waals surface area contributed by atoms with Crippen LogP contribution in [0.1, 0.15) is 31.1 Å². The van der Waals surface area contributed by atoms with Gasteiger partial charge >= 0.3 is 0 Å². The van der Waals surface area contributed by atoms with E-state index in [1.54, 1.807) is 11.3 Å². The van der Waals surface area contributed by atoms with Crippen LogP contribution in [0.25, 0.3) is 0 Å². The van der Waals surface area contributed by atoms with Crippen molar-refractivity contribution in [3.05, 3.63) is 20.8 Å². The van der Waals surface area contributed by atoms with Gasteiger partial charge in [0.05, 0.1) is 6.10 Å². The fourth-order valence-electron chi connectivity index (χ4n) is 1.21. The van der Waals surface area contributed by atoms with E-state index in [1.165, 1.54) is 9.35 Å². The minimum absolute atomic E-state index is 0.112. The maximum absolute atomic E-state index is 9.35. The van der Waals surface area contributed by atoms with Crippen molar-refractivity contribution in [3.8, 4) is 0 Å². The molecule has 0 spiro atoms. The van der Waals surface area contributed by atoms with Crippen molar-refractivity contribution in [1.82, 2.24) is 0 Å². The quantitative estimate of drug-likeness (QED) is 0.860. The largest absolute Gasteiger partial charge is 0.393 e. The van der Waals surface area contributed by atoms with Crippen molar-refractivity contribution >= 4 is 27.3 Å². The average molecular weight is 263 g/mol. The Bertz CT molecular complexity index is 247. The van der Waals surface area contributed by atoms with Gasteiger partial charge in [-0.3, -0.25) is 0 Å². The van der Waals surface area contributed by atoms with Crippen LogP contribution in [0.3, 0.4) is 0 Å². The standard InChI is InChI=1S/C10H15BrOS/c1-2-8(12)4-3-5-10-9(11)6-7-13-10/h6-8,12H,2-5H2,1H3. The molecule has 74 valence electrons. The van der Waals surface area contributed by atoms with E-state index in [9.17, 15) is 5.11 Å². The zero-order chi connectivity index (χ0) is 9.68. The third-order valence-corrected chi connectivity index (χ3v) is 4.09. The van der Waals surface area contributed by atoms with Crippen molar-refractivity contribution in [2.75, 3.05) is 0 Å². The molecular weight excluding hydrogens is 248 g/mol. The predicted octanol–water partition coefficient (Wildman–Crippen LogP) is 3.60. The van der Waals surface area contributed by atoms with Crippen LogP contribution in [0.4, 0.5) is 0 Å². The minimum atomic E-state index is -0.112. The summed E-state index contributed by atoms with van der Waals surface area (Å²) in [5, 5.41) is 11.4. The molecule has 1 N–H and O–H groups in total. The molecule has 0 amide bonds. The van der Waals surface area contributed by atoms with Crippen LogP contribution in [-0.4, -0.2) is 11.2 Å². The molecule has 1 rings (SSSR count). The first-order valence-electron chi connectivity index (χ1n) is 4.64. The Morgan fingerprint density at radius 3 is 2.92 bits per heavy atom. The van der Waals surface area contributed by atoms with Gasteiger partial charge in [-0.2, -0.15) is 0 Å². The topological polar surface area (TPSA) is 20.2 Å². The predicted molar refractivity (Wildman–Crippen MR) is 61.3 cm³/mol. The molecule has 0 radical (unpaired) electrons. The van der Waals surface area contributed by atoms with Gasteiger partial charge in [0, 0.05) is 9.35 Å². The van der Waals surface area contributed by atoms with E-state index in [4.69, 9.17) is 0 Å². The molecule has 0 saturated carbocycles. The zero-order valence-electron chi connectivity index (χ0n) is 7.79. The highest BCUT2D eigenvalue weighted by molar-refractivity contribution is 9.10. The molecule has 1 atom stereocenters. The maximum atomic E-state index is 9.35. The SMILES string of the molecule is CCC(O)CCCc1sccc1Br. The summed E-state index contributed by atoms with van der Waals surface area (Å²) >= 11 is 5.28. The van der Waals surface area contributed by atoms with E-state index in [0.29, 0.717) is 0 Å². The molecule has 1 heterocycles. The second-order valence-corrected chi connectivity index (χ2v) is 5.00. The molecule has 1 unspecified atom stereocenters. The minimum Gasteiger partial charge on any atom is -0.393 e. The lowest BCUT2D eigenvalue weighted by Gasteiger charge is -2.05. The lowest BCUT2D eigenvalue weighted by molar-refractivity contribution is 0.158. The summed E-state index contributed by atoms with van der Waals surface area (Å²) in [7, 11) is 0. The Morgan fingerprint density at radius 1 is 1.62 bits per heavy atom. The molecule has 0 fully saturated rings. The lowest BCUT2D eigenvalue weighted by atomic mass is 10.1. The molecule has 0 aliphatic heterocycles. The summed E-state index contributed by atoms with van der Waals surface area (Å²) in [6.07, 6.45) is 3.83. The van der Waals surface area contributed by atoms with Crippen molar-refractivity contribution in [2.24, 2.45) is 0 Å². The van der Waals surface area contributed by atoms with Crippen LogP contribution in [0.2, 0.25) is 0 Å². The van der Waals surface area contributed by atoms with Gasteiger partial charge < -0.3 is 5.11 Å². The summed E-state index contributed by atoms with van der Waals surface area (Å²) < 4.78 is 1.21. The molecule has 3 heteroatoms. The Balaban J connectivity index is 2.24. The van der Waals surface area contributed by atoms with Gasteiger partial charge in [0.25, 0.3) is 0 Å². The third kappa shape index (κ3) is 3.79. The van der Waals surface area contributed by atoms with Crippen molar-refractivity contribution in [2.45, 2.75) is 38.7 Å². The molecule has 1 aromatic rings. The van der Waals surface area contributed by atoms with Crippen molar-refractivity contribution in [3.63, 3.8) is 0 Å². The van der Waals surface area contributed by atoms with Gasteiger partial charge in [0.15, 0.2) is 0 Å². The normalized spacial score (nSPS) is 13.2. The Hall–Kier alpha value is 0.140. The molecule has 0 bridgehead atoms. The van der Waals surface area contributed by atoms with Gasteiger partial charge in [-0.25, -0.2) is 0 Å². The van der Waals surface area contributed by atoms with E-state index in [0.717, 1.165) is 25.7 Å². The molecule has 0 aliphatic carbocycles. The van der Waals surface area contributed by atoms with E-state index >= 15 is 0 Å². The Labute approximate surface area is 91.9 Å². The molecular formula is C10H15BrOS. The number of halogens is 1. The lowest BCUT2D eigenvalue weighted by Crippen LogP contribution is -2.04. The first-order valence-corrected chi connectivity index (χ1v) is 6.31. The van der Waals surface area contributed by atoms with E-state index in [-0.39, 0.29) is 6.10 Å². The molecule has 0 aliphatic rings. The van der Waals surface area contributed by atoms with Crippen molar-refractivity contribution in [1.29, 1.82) is 0 Å².